The van der Waals surface area contributed by atoms with E-state index in [0.29, 0.717) is 0 Å². The highest BCUT2D eigenvalue weighted by molar-refractivity contribution is 7.90. The number of rotatable bonds is 19. The first kappa shape index (κ1) is 34.5. The number of sulfonamides is 2. The molecule has 1 aliphatic rings. The summed E-state index contributed by atoms with van der Waals surface area (Å²) in [6.07, 6.45) is 22.9. The fourth-order valence-corrected chi connectivity index (χ4v) is 6.76. The Kier molecular flexibility index (Phi) is 14.4. The van der Waals surface area contributed by atoms with E-state index in [4.69, 9.17) is 0 Å². The molecule has 3 rings (SSSR count). The first-order valence-electron chi connectivity index (χ1n) is 15.7. The Bertz CT molecular complexity index is 1460. The molecule has 0 aliphatic heterocycles. The van der Waals surface area contributed by atoms with Gasteiger partial charge >= 0.3 is 0 Å². The largest absolute Gasteiger partial charge is 0.385 e. The van der Waals surface area contributed by atoms with Crippen molar-refractivity contribution < 1.29 is 16.8 Å². The molecule has 234 valence electrons. The van der Waals surface area contributed by atoms with E-state index in [9.17, 15) is 16.8 Å². The van der Waals surface area contributed by atoms with Crippen molar-refractivity contribution in [1.82, 2.24) is 0 Å². The van der Waals surface area contributed by atoms with E-state index in [-0.39, 0.29) is 21.2 Å². The molecule has 0 spiro atoms. The topological polar surface area (TPSA) is 105 Å². The monoisotopic (exact) mass is 625 g/mol. The summed E-state index contributed by atoms with van der Waals surface area (Å²) in [5, 5.41) is 3.37. The zero-order chi connectivity index (χ0) is 31.0. The van der Waals surface area contributed by atoms with Crippen molar-refractivity contribution in [3.63, 3.8) is 0 Å². The van der Waals surface area contributed by atoms with Crippen LogP contribution in [0.1, 0.15) is 96.0 Å². The molecule has 1 N–H and O–H groups in total. The minimum Gasteiger partial charge on any atom is -0.385 e. The van der Waals surface area contributed by atoms with Crippen LogP contribution in [0.5, 0.6) is 0 Å². The smallest absolute Gasteiger partial charge is 0.282 e. The zero-order valence-corrected chi connectivity index (χ0v) is 27.3. The van der Waals surface area contributed by atoms with Crippen LogP contribution in [0, 0.1) is 6.92 Å². The molecule has 0 unspecified atom stereocenters. The Morgan fingerprint density at radius 1 is 0.535 bits per heavy atom. The number of unbranched alkanes of at least 4 members (excludes halogenated alkanes) is 12. The van der Waals surface area contributed by atoms with E-state index in [1.54, 1.807) is 36.4 Å². The molecular formula is C34H47N3O4S2. The lowest BCUT2D eigenvalue weighted by atomic mass is 10.0. The van der Waals surface area contributed by atoms with Crippen LogP contribution in [-0.4, -0.2) is 34.8 Å². The third-order valence-corrected chi connectivity index (χ3v) is 10.0. The van der Waals surface area contributed by atoms with Crippen molar-refractivity contribution in [3.8, 4) is 0 Å². The van der Waals surface area contributed by atoms with Gasteiger partial charge in [0.15, 0.2) is 0 Å². The number of nitrogens with one attached hydrogen (secondary N) is 1. The summed E-state index contributed by atoms with van der Waals surface area (Å²) >= 11 is 0. The quantitative estimate of drug-likeness (QED) is 0.124. The molecule has 0 heterocycles. The Morgan fingerprint density at radius 3 is 1.33 bits per heavy atom. The van der Waals surface area contributed by atoms with Gasteiger partial charge in [0.2, 0.25) is 0 Å². The van der Waals surface area contributed by atoms with Gasteiger partial charge in [-0.1, -0.05) is 102 Å². The van der Waals surface area contributed by atoms with Gasteiger partial charge in [-0.05, 0) is 74.0 Å². The van der Waals surface area contributed by atoms with Crippen molar-refractivity contribution in [2.45, 2.75) is 107 Å². The van der Waals surface area contributed by atoms with Gasteiger partial charge in [-0.2, -0.15) is 25.6 Å². The third kappa shape index (κ3) is 12.6. The first-order chi connectivity index (χ1) is 20.7. The first-order valence-corrected chi connectivity index (χ1v) is 18.5. The molecule has 9 heteroatoms. The molecule has 2 aromatic rings. The molecule has 7 nitrogen and oxygen atoms in total. The van der Waals surface area contributed by atoms with Gasteiger partial charge in [-0.3, -0.25) is 0 Å². The molecule has 0 atom stereocenters. The van der Waals surface area contributed by atoms with Crippen LogP contribution in [0.25, 0.3) is 0 Å². The summed E-state index contributed by atoms with van der Waals surface area (Å²) in [5.74, 6) is 0. The van der Waals surface area contributed by atoms with Crippen LogP contribution < -0.4 is 5.32 Å². The highest BCUT2D eigenvalue weighted by atomic mass is 32.2. The molecule has 0 aromatic heterocycles. The molecule has 1 aliphatic carbocycles. The molecule has 0 saturated carbocycles. The van der Waals surface area contributed by atoms with Gasteiger partial charge in [0.1, 0.15) is 0 Å². The molecular weight excluding hydrogens is 579 g/mol. The fourth-order valence-electron chi connectivity index (χ4n) is 4.79. The van der Waals surface area contributed by atoms with Crippen molar-refractivity contribution in [2.24, 2.45) is 8.80 Å². The highest BCUT2D eigenvalue weighted by Crippen LogP contribution is 2.19. The zero-order valence-electron chi connectivity index (χ0n) is 25.7. The van der Waals surface area contributed by atoms with Crippen molar-refractivity contribution in [2.75, 3.05) is 11.9 Å². The van der Waals surface area contributed by atoms with Gasteiger partial charge < -0.3 is 5.32 Å². The van der Waals surface area contributed by atoms with E-state index in [1.807, 2.05) is 6.92 Å². The number of nitrogens with zero attached hydrogens (tertiary/aromatic N) is 2. The Hall–Kier alpha value is -3.04. The third-order valence-electron chi connectivity index (χ3n) is 7.38. The lowest BCUT2D eigenvalue weighted by Crippen LogP contribution is -2.07. The highest BCUT2D eigenvalue weighted by Gasteiger charge is 2.16. The van der Waals surface area contributed by atoms with Crippen molar-refractivity contribution >= 4 is 37.2 Å². The number of hydrogen-bond donors (Lipinski definition) is 1. The normalized spacial score (nSPS) is 13.3. The van der Waals surface area contributed by atoms with E-state index in [1.165, 1.54) is 113 Å². The Morgan fingerprint density at radius 2 is 0.907 bits per heavy atom. The lowest BCUT2D eigenvalue weighted by molar-refractivity contribution is 0.541. The second-order valence-corrected chi connectivity index (χ2v) is 14.4. The van der Waals surface area contributed by atoms with E-state index in [2.05, 4.69) is 21.0 Å². The maximum absolute atomic E-state index is 12.8. The number of hydrogen-bond acceptors (Lipinski definition) is 5. The van der Waals surface area contributed by atoms with Crippen LogP contribution >= 0.6 is 0 Å². The summed E-state index contributed by atoms with van der Waals surface area (Å²) in [4.78, 5) is 0.187. The molecule has 0 amide bonds. The summed E-state index contributed by atoms with van der Waals surface area (Å²) in [6, 6.07) is 13.0. The minimum atomic E-state index is -3.93. The second kappa shape index (κ2) is 17.9. The van der Waals surface area contributed by atoms with Crippen LogP contribution in [-0.2, 0) is 20.0 Å². The second-order valence-electron chi connectivity index (χ2n) is 11.2. The van der Waals surface area contributed by atoms with E-state index < -0.39 is 20.0 Å². The predicted octanol–water partition coefficient (Wildman–Crippen LogP) is 8.58. The number of anilines is 1. The molecule has 0 bridgehead atoms. The van der Waals surface area contributed by atoms with E-state index >= 15 is 0 Å². The number of benzene rings is 2. The fraction of sp³-hybridized carbons (Fsp3) is 0.471. The predicted molar refractivity (Wildman–Crippen MR) is 179 cm³/mol. The molecule has 2 aromatic carbocycles. The maximum atomic E-state index is 12.8. The summed E-state index contributed by atoms with van der Waals surface area (Å²) in [5.41, 5.74) is 2.20. The van der Waals surface area contributed by atoms with Crippen LogP contribution in [0.15, 0.2) is 91.4 Å². The Labute approximate surface area is 259 Å². The van der Waals surface area contributed by atoms with Gasteiger partial charge in [0.25, 0.3) is 20.0 Å². The van der Waals surface area contributed by atoms with E-state index in [0.717, 1.165) is 24.2 Å². The van der Waals surface area contributed by atoms with Gasteiger partial charge in [-0.25, -0.2) is 0 Å². The average molecular weight is 626 g/mol. The molecule has 43 heavy (non-hydrogen) atoms. The maximum Gasteiger partial charge on any atom is 0.282 e. The van der Waals surface area contributed by atoms with Crippen LogP contribution in [0.4, 0.5) is 5.69 Å². The summed E-state index contributed by atoms with van der Waals surface area (Å²) in [6.45, 7) is 4.98. The minimum absolute atomic E-state index is 0.0923. The van der Waals surface area contributed by atoms with Gasteiger partial charge in [0, 0.05) is 12.2 Å². The summed E-state index contributed by atoms with van der Waals surface area (Å²) in [7, 11) is -7.80. The lowest BCUT2D eigenvalue weighted by Gasteiger charge is -2.08. The number of allylic oxidation sites excluding steroid dienone is 4. The molecule has 0 saturated heterocycles. The van der Waals surface area contributed by atoms with Crippen molar-refractivity contribution in [1.29, 1.82) is 0 Å². The summed E-state index contributed by atoms with van der Waals surface area (Å²) < 4.78 is 58.5. The number of aryl methyl sites for hydroxylation is 1. The van der Waals surface area contributed by atoms with Crippen molar-refractivity contribution in [3.05, 3.63) is 78.4 Å². The van der Waals surface area contributed by atoms with Crippen LogP contribution in [0.3, 0.4) is 0 Å². The standard InChI is InChI=1S/C34H47N3O4S2/c1-3-4-5-6-7-8-9-10-11-12-13-14-15-28-35-30-22-26-34(27-23-30)43(40,41)37-32-20-18-31(19-21-32)36-42(38,39)33-24-16-29(2)17-25-33/h16-27,35H,3-15,28H2,1-2H3. The molecule has 0 fully saturated rings. The average Bonchev–Trinajstić information content (AvgIpc) is 2.98. The van der Waals surface area contributed by atoms with Crippen LogP contribution in [0.2, 0.25) is 0 Å². The Balaban J connectivity index is 1.37. The SMILES string of the molecule is CCCCCCCCCCCCCCCNc1ccc(S(=O)(=O)N=C2C=CC(=NS(=O)(=O)c3ccc(C)cc3)C=C2)cc1. The molecule has 0 radical (unpaired) electrons. The van der Waals surface area contributed by atoms with Gasteiger partial charge in [-0.15, -0.1) is 0 Å². The van der Waals surface area contributed by atoms with Gasteiger partial charge in [0.05, 0.1) is 21.2 Å².